The predicted molar refractivity (Wildman–Crippen MR) is 33.8 cm³/mol. The molecule has 0 bridgehead atoms. The molecule has 0 aromatic carbocycles. The number of halogens is 4. The van der Waals surface area contributed by atoms with E-state index in [1.165, 1.54) is 0 Å². The Labute approximate surface area is 113 Å². The largest absolute Gasteiger partial charge is 0 e. The first-order chi connectivity index (χ1) is 8.00. The maximum atomic E-state index is 9.75. The summed E-state index contributed by atoms with van der Waals surface area (Å²) in [7, 11) is -6.00. The van der Waals surface area contributed by atoms with Crippen LogP contribution in [0.15, 0.2) is 0 Å². The molecule has 1 radical (unpaired) electrons. The van der Waals surface area contributed by atoms with Gasteiger partial charge in [-0.2, -0.15) is 0 Å². The third-order valence-corrected chi connectivity index (χ3v) is 0. The Balaban J connectivity index is -0.0000000114. The molecule has 99 valence electrons. The van der Waals surface area contributed by atoms with Gasteiger partial charge in [-0.1, -0.05) is 0 Å². The Bertz CT molecular complexity index is 166. The van der Waals surface area contributed by atoms with E-state index in [-0.39, 0.29) is 20.4 Å². The van der Waals surface area contributed by atoms with Crippen molar-refractivity contribution in [3.63, 3.8) is 0 Å². The van der Waals surface area contributed by atoms with Crippen molar-refractivity contribution >= 4 is 7.25 Å². The van der Waals surface area contributed by atoms with Crippen LogP contribution in [0.3, 0.4) is 0 Å². The van der Waals surface area contributed by atoms with Gasteiger partial charge in [0.25, 0.3) is 0 Å². The molecule has 0 amide bonds. The van der Waals surface area contributed by atoms with Crippen LogP contribution in [-0.2, 0) is 48.3 Å². The third-order valence-electron chi connectivity index (χ3n) is 0. The van der Waals surface area contributed by atoms with Gasteiger partial charge in [0.1, 0.15) is 0 Å². The smallest absolute Gasteiger partial charge is 0 e. The zero-order valence-electron chi connectivity index (χ0n) is 7.92. The maximum absolute atomic E-state index is 9.75. The molecule has 0 unspecified atom stereocenters. The monoisotopic (exact) mass is 442 g/mol. The van der Waals surface area contributed by atoms with E-state index < -0.39 is 7.25 Å². The van der Waals surface area contributed by atoms with Gasteiger partial charge in [0, 0.05) is 20.4 Å². The molecule has 0 saturated heterocycles. The molecule has 0 aromatic rings. The molecule has 0 aliphatic carbocycles. The summed E-state index contributed by atoms with van der Waals surface area (Å²) in [5.74, 6) is 0. The van der Waals surface area contributed by atoms with Crippen molar-refractivity contribution in [2.45, 2.75) is 0 Å². The number of rotatable bonds is 0. The fourth-order valence-electron chi connectivity index (χ4n) is 0. The summed E-state index contributed by atoms with van der Waals surface area (Å²) in [6.07, 6.45) is 0. The van der Waals surface area contributed by atoms with Crippen LogP contribution < -0.4 is 0 Å². The van der Waals surface area contributed by atoms with E-state index in [0.29, 0.717) is 0 Å². The zero-order valence-corrected chi connectivity index (χ0v) is 10.6. The molecular weight excluding hydrogens is 441 g/mol. The fourth-order valence-corrected chi connectivity index (χ4v) is 0. The molecule has 0 rings (SSSR count). The molecule has 0 spiro atoms. The first-order valence-electron chi connectivity index (χ1n) is 2.10. The second kappa shape index (κ2) is 147. The average molecular weight is 441 g/mol. The predicted octanol–water partition coefficient (Wildman–Crippen LogP) is 1.07. The van der Waals surface area contributed by atoms with Gasteiger partial charge in [-0.15, -0.1) is 0 Å². The summed E-state index contributed by atoms with van der Waals surface area (Å²) in [5, 5.41) is 0. The van der Waals surface area contributed by atoms with Gasteiger partial charge in [-0.05, 0) is 0 Å². The summed E-state index contributed by atoms with van der Waals surface area (Å²) in [6, 6.07) is 0. The summed E-state index contributed by atoms with van der Waals surface area (Å²) < 4.78 is 84.0. The molecule has 0 N–H and O–H groups in total. The first kappa shape index (κ1) is 54.0. The number of hydrogen-bond donors (Lipinski definition) is 0. The molecule has 0 atom stereocenters. The summed E-state index contributed by atoms with van der Waals surface area (Å²) in [5.41, 5.74) is 0. The normalized spacial score (nSPS) is 4.00. The average Bonchev–Trinajstić information content (AvgIpc) is 2.41. The van der Waals surface area contributed by atoms with E-state index in [1.807, 2.05) is 0 Å². The van der Waals surface area contributed by atoms with E-state index in [2.05, 4.69) is 39.9 Å². The number of hydrogen-bond acceptors (Lipinski definition) is 0. The molecule has 0 aliphatic heterocycles. The van der Waals surface area contributed by atoms with Crippen LogP contribution in [0.4, 0.5) is 17.3 Å². The quantitative estimate of drug-likeness (QED) is 0.232. The summed E-state index contributed by atoms with van der Waals surface area (Å²) >= 11 is 0. The SMILES string of the molecule is F[B-](F)(F)F.[C-]#[O+].[C-]#[O+].[C-]#[O+].[C-]#[O+].[C-]#[O+].[C-]#[O+].[Re]. The van der Waals surface area contributed by atoms with Gasteiger partial charge in [0.2, 0.25) is 0 Å². The fraction of sp³-hybridized carbons (Fsp3) is 0. The van der Waals surface area contributed by atoms with Crippen LogP contribution in [0.2, 0.25) is 0 Å². The minimum Gasteiger partial charge on any atom is 0 e. The molecule has 18 heavy (non-hydrogen) atoms. The van der Waals surface area contributed by atoms with Gasteiger partial charge in [-0.3, -0.25) is 0 Å². The molecule has 0 saturated carbocycles. The minimum atomic E-state index is -6.00. The Morgan fingerprint density at radius 1 is 0.444 bits per heavy atom. The van der Waals surface area contributed by atoms with Gasteiger partial charge >= 0.3 is 75.1 Å². The van der Waals surface area contributed by atoms with E-state index >= 15 is 0 Å². The molecule has 0 heterocycles. The summed E-state index contributed by atoms with van der Waals surface area (Å²) in [4.78, 5) is 0. The van der Waals surface area contributed by atoms with Gasteiger partial charge < -0.3 is 17.3 Å². The van der Waals surface area contributed by atoms with E-state index in [4.69, 9.17) is 27.9 Å². The van der Waals surface area contributed by atoms with Crippen molar-refractivity contribution in [2.75, 3.05) is 0 Å². The third kappa shape index (κ3) is 2320. The summed E-state index contributed by atoms with van der Waals surface area (Å²) in [6.45, 7) is 27.0. The van der Waals surface area contributed by atoms with E-state index in [9.17, 15) is 17.3 Å². The van der Waals surface area contributed by atoms with Crippen LogP contribution in [-0.4, -0.2) is 7.25 Å². The molecule has 0 fully saturated rings. The molecule has 0 aromatic heterocycles. The second-order valence-corrected chi connectivity index (χ2v) is 0.495. The van der Waals surface area contributed by atoms with Gasteiger partial charge in [-0.25, -0.2) is 0 Å². The first-order valence-corrected chi connectivity index (χ1v) is 2.10. The molecular formula is C6BF4O6Re-. The van der Waals surface area contributed by atoms with Gasteiger partial charge in [0.15, 0.2) is 0 Å². The Kier molecular flexibility index (Phi) is 442. The van der Waals surface area contributed by atoms with Crippen molar-refractivity contribution in [2.24, 2.45) is 0 Å². The van der Waals surface area contributed by atoms with Crippen LogP contribution in [0.25, 0.3) is 0 Å². The molecule has 12 heteroatoms. The maximum Gasteiger partial charge on any atom is 0 e. The van der Waals surface area contributed by atoms with E-state index in [1.54, 1.807) is 0 Å². The zero-order chi connectivity index (χ0) is 16.5. The van der Waals surface area contributed by atoms with Crippen molar-refractivity contribution in [1.82, 2.24) is 0 Å². The van der Waals surface area contributed by atoms with Crippen molar-refractivity contribution in [3.8, 4) is 0 Å². The van der Waals surface area contributed by atoms with Crippen LogP contribution in [0.5, 0.6) is 0 Å². The Morgan fingerprint density at radius 3 is 0.444 bits per heavy atom. The van der Waals surface area contributed by atoms with E-state index in [0.717, 1.165) is 0 Å². The minimum absolute atomic E-state index is 0. The molecule has 6 nitrogen and oxygen atoms in total. The Morgan fingerprint density at radius 2 is 0.444 bits per heavy atom. The standard InChI is InChI=1S/6CO.BF4.Re/c6*1-2;2-1(3,4)5;/q;;;;;;-1;. The second-order valence-electron chi connectivity index (χ2n) is 0.495. The topological polar surface area (TPSA) is 119 Å². The van der Waals surface area contributed by atoms with Crippen LogP contribution in [0, 0.1) is 39.9 Å². The van der Waals surface area contributed by atoms with Crippen molar-refractivity contribution < 1.29 is 65.6 Å². The van der Waals surface area contributed by atoms with Crippen LogP contribution >= 0.6 is 0 Å². The van der Waals surface area contributed by atoms with Gasteiger partial charge in [0.05, 0.1) is 0 Å². The molecule has 0 aliphatic rings. The Hall–Kier alpha value is -1.11. The van der Waals surface area contributed by atoms with Crippen molar-refractivity contribution in [1.29, 1.82) is 0 Å². The van der Waals surface area contributed by atoms with Crippen LogP contribution in [0.1, 0.15) is 0 Å². The van der Waals surface area contributed by atoms with Crippen molar-refractivity contribution in [3.05, 3.63) is 39.9 Å².